The molecule has 0 saturated carbocycles. The van der Waals surface area contributed by atoms with Gasteiger partial charge in [0.2, 0.25) is 5.91 Å². The molecule has 0 saturated heterocycles. The van der Waals surface area contributed by atoms with E-state index in [1.165, 1.54) is 0 Å². The maximum Gasteiger partial charge on any atom is 0.257 e. The first-order valence-corrected chi connectivity index (χ1v) is 11.3. The van der Waals surface area contributed by atoms with Crippen LogP contribution >= 0.6 is 0 Å². The number of carbonyl (C=O) groups excluding carboxylic acids is 1. The van der Waals surface area contributed by atoms with Crippen molar-refractivity contribution in [3.63, 3.8) is 0 Å². The van der Waals surface area contributed by atoms with Gasteiger partial charge < -0.3 is 5.73 Å². The second-order valence-electron chi connectivity index (χ2n) is 8.23. The zero-order valence-electron chi connectivity index (χ0n) is 19.3. The highest BCUT2D eigenvalue weighted by Gasteiger charge is 2.18. The summed E-state index contributed by atoms with van der Waals surface area (Å²) in [5.74, 6) is 0.686. The predicted octanol–water partition coefficient (Wildman–Crippen LogP) is 2.82. The molecule has 0 unspecified atom stereocenters. The topological polar surface area (TPSA) is 132 Å². The van der Waals surface area contributed by atoms with Crippen molar-refractivity contribution in [2.45, 2.75) is 46.1 Å². The van der Waals surface area contributed by atoms with E-state index >= 15 is 0 Å². The number of nitrogens with one attached hydrogen (secondary N) is 1. The lowest BCUT2D eigenvalue weighted by molar-refractivity contribution is -0.117. The van der Waals surface area contributed by atoms with Crippen molar-refractivity contribution in [3.8, 4) is 22.5 Å². The Labute approximate surface area is 197 Å². The zero-order valence-corrected chi connectivity index (χ0v) is 19.3. The molecule has 0 aliphatic heterocycles. The first-order valence-electron chi connectivity index (χ1n) is 11.3. The van der Waals surface area contributed by atoms with Crippen molar-refractivity contribution in [2.75, 3.05) is 0 Å². The number of H-pyrrole nitrogens is 1. The molecule has 4 rings (SSSR count). The van der Waals surface area contributed by atoms with Crippen LogP contribution in [0.1, 0.15) is 42.4 Å². The first-order chi connectivity index (χ1) is 16.5. The summed E-state index contributed by atoms with van der Waals surface area (Å²) in [4.78, 5) is 29.6. The fraction of sp³-hybridized carbons (Fsp3) is 0.280. The number of aromatic amines is 1. The second-order valence-corrected chi connectivity index (χ2v) is 8.23. The fourth-order valence-electron chi connectivity index (χ4n) is 4.03. The average molecular weight is 458 g/mol. The number of hydrogen-bond acceptors (Lipinski definition) is 6. The lowest BCUT2D eigenvalue weighted by atomic mass is 9.97. The highest BCUT2D eigenvalue weighted by Crippen LogP contribution is 2.31. The van der Waals surface area contributed by atoms with Crippen LogP contribution in [0.25, 0.3) is 22.5 Å². The Morgan fingerprint density at radius 3 is 2.59 bits per heavy atom. The molecule has 3 N–H and O–H groups in total. The minimum atomic E-state index is -0.554. The zero-order chi connectivity index (χ0) is 24.1. The number of nitrogens with two attached hydrogens (primary N) is 1. The Morgan fingerprint density at radius 1 is 1.12 bits per heavy atom. The third-order valence-corrected chi connectivity index (χ3v) is 5.76. The van der Waals surface area contributed by atoms with Crippen LogP contribution in [0.3, 0.4) is 0 Å². The number of nitrogens with zero attached hydrogens (tertiary/aromatic N) is 5. The molecular weight excluding hydrogens is 430 g/mol. The molecule has 2 heterocycles. The molecule has 1 amide bonds. The van der Waals surface area contributed by atoms with Crippen LogP contribution in [0.4, 0.5) is 0 Å². The molecule has 2 aromatic heterocycles. The van der Waals surface area contributed by atoms with Gasteiger partial charge in [-0.1, -0.05) is 55.8 Å². The summed E-state index contributed by atoms with van der Waals surface area (Å²) >= 11 is 0. The molecule has 2 aromatic carbocycles. The molecule has 0 fully saturated rings. The lowest BCUT2D eigenvalue weighted by Crippen LogP contribution is -2.32. The van der Waals surface area contributed by atoms with Crippen LogP contribution in [0.5, 0.6) is 0 Å². The van der Waals surface area contributed by atoms with Gasteiger partial charge in [-0.05, 0) is 46.5 Å². The Bertz CT molecular complexity index is 1350. The summed E-state index contributed by atoms with van der Waals surface area (Å²) in [5.41, 5.74) is 9.78. The van der Waals surface area contributed by atoms with Crippen molar-refractivity contribution in [1.29, 1.82) is 0 Å². The van der Waals surface area contributed by atoms with Gasteiger partial charge in [-0.15, -0.1) is 5.10 Å². The normalized spacial score (nSPS) is 11.0. The molecule has 0 spiro atoms. The van der Waals surface area contributed by atoms with Crippen molar-refractivity contribution >= 4 is 5.91 Å². The second kappa shape index (κ2) is 10.2. The number of unbranched alkanes of at least 4 members (excludes halogenated alkanes) is 1. The number of primary amides is 1. The number of hydrogen-bond donors (Lipinski definition) is 2. The standard InChI is InChI=1S/C25H27N7O2/c1-3-4-10-23-27-16(2)20(14-22(26)33)25(34)32(23)15-17-11-12-19(18-8-6-5-7-9-18)21(13-17)24-28-30-31-29-24/h5-9,11-13H,3-4,10,14-15H2,1-2H3,(H2,26,33)(H,28,29,30,31). The monoisotopic (exact) mass is 457 g/mol. The molecule has 4 aromatic rings. The van der Waals surface area contributed by atoms with Crippen molar-refractivity contribution < 1.29 is 4.79 Å². The van der Waals surface area contributed by atoms with Gasteiger partial charge in [0, 0.05) is 23.2 Å². The van der Waals surface area contributed by atoms with E-state index in [2.05, 4.69) is 32.5 Å². The summed E-state index contributed by atoms with van der Waals surface area (Å²) in [6, 6.07) is 15.9. The third-order valence-electron chi connectivity index (χ3n) is 5.76. The van der Waals surface area contributed by atoms with Gasteiger partial charge in [-0.2, -0.15) is 0 Å². The Kier molecular flexibility index (Phi) is 6.91. The number of benzene rings is 2. The van der Waals surface area contributed by atoms with E-state index < -0.39 is 5.91 Å². The Hall–Kier alpha value is -4.14. The molecule has 174 valence electrons. The summed E-state index contributed by atoms with van der Waals surface area (Å²) in [5, 5.41) is 14.4. The summed E-state index contributed by atoms with van der Waals surface area (Å²) in [6.07, 6.45) is 2.42. The minimum absolute atomic E-state index is 0.131. The molecule has 0 aliphatic carbocycles. The summed E-state index contributed by atoms with van der Waals surface area (Å²) in [7, 11) is 0. The lowest BCUT2D eigenvalue weighted by Gasteiger charge is -2.17. The van der Waals surface area contributed by atoms with E-state index in [4.69, 9.17) is 5.73 Å². The summed E-state index contributed by atoms with van der Waals surface area (Å²) in [6.45, 7) is 4.15. The largest absolute Gasteiger partial charge is 0.369 e. The smallest absolute Gasteiger partial charge is 0.257 e. The van der Waals surface area contributed by atoms with Gasteiger partial charge in [-0.25, -0.2) is 10.1 Å². The quantitative estimate of drug-likeness (QED) is 0.397. The summed E-state index contributed by atoms with van der Waals surface area (Å²) < 4.78 is 1.65. The van der Waals surface area contributed by atoms with Crippen LogP contribution in [0.15, 0.2) is 53.3 Å². The SMILES string of the molecule is CCCCc1nc(C)c(CC(N)=O)c(=O)n1Cc1ccc(-c2ccccc2)c(-c2nnn[nH]2)c1. The Morgan fingerprint density at radius 2 is 1.91 bits per heavy atom. The van der Waals surface area contributed by atoms with Crippen molar-refractivity contribution in [2.24, 2.45) is 5.73 Å². The third kappa shape index (κ3) is 4.93. The maximum atomic E-state index is 13.4. The maximum absolute atomic E-state index is 13.4. The van der Waals surface area contributed by atoms with Crippen LogP contribution in [-0.4, -0.2) is 36.1 Å². The number of amides is 1. The number of carbonyl (C=O) groups is 1. The number of aryl methyl sites for hydroxylation is 2. The average Bonchev–Trinajstić information content (AvgIpc) is 3.38. The molecule has 0 radical (unpaired) electrons. The molecule has 0 aliphatic rings. The number of rotatable bonds is 9. The van der Waals surface area contributed by atoms with Gasteiger partial charge in [0.05, 0.1) is 13.0 Å². The first kappa shape index (κ1) is 23.0. The molecule has 9 heteroatoms. The van der Waals surface area contributed by atoms with E-state index in [9.17, 15) is 9.59 Å². The molecule has 0 atom stereocenters. The van der Waals surface area contributed by atoms with E-state index in [1.807, 2.05) is 48.5 Å². The van der Waals surface area contributed by atoms with Gasteiger partial charge in [0.15, 0.2) is 5.82 Å². The van der Waals surface area contributed by atoms with Crippen molar-refractivity contribution in [1.82, 2.24) is 30.2 Å². The molecule has 34 heavy (non-hydrogen) atoms. The highest BCUT2D eigenvalue weighted by atomic mass is 16.1. The van der Waals surface area contributed by atoms with Crippen LogP contribution in [0.2, 0.25) is 0 Å². The van der Waals surface area contributed by atoms with Crippen molar-refractivity contribution in [3.05, 3.63) is 81.5 Å². The molecule has 0 bridgehead atoms. The van der Waals surface area contributed by atoms with Gasteiger partial charge in [0.1, 0.15) is 5.82 Å². The van der Waals surface area contributed by atoms with Gasteiger partial charge >= 0.3 is 0 Å². The predicted molar refractivity (Wildman–Crippen MR) is 129 cm³/mol. The molecule has 9 nitrogen and oxygen atoms in total. The molecular formula is C25H27N7O2. The van der Waals surface area contributed by atoms with E-state index in [1.54, 1.807) is 11.5 Å². The van der Waals surface area contributed by atoms with E-state index in [0.29, 0.717) is 35.9 Å². The Balaban J connectivity index is 1.81. The highest BCUT2D eigenvalue weighted by molar-refractivity contribution is 5.80. The fourth-order valence-corrected chi connectivity index (χ4v) is 4.03. The number of aromatic nitrogens is 6. The van der Waals surface area contributed by atoms with Gasteiger partial charge in [0.25, 0.3) is 5.56 Å². The van der Waals surface area contributed by atoms with Crippen LogP contribution in [0, 0.1) is 6.92 Å². The van der Waals surface area contributed by atoms with Crippen LogP contribution < -0.4 is 11.3 Å². The van der Waals surface area contributed by atoms with E-state index in [-0.39, 0.29) is 12.0 Å². The van der Waals surface area contributed by atoms with Gasteiger partial charge in [-0.3, -0.25) is 14.2 Å². The number of tetrazole rings is 1. The van der Waals surface area contributed by atoms with E-state index in [0.717, 1.165) is 35.1 Å². The minimum Gasteiger partial charge on any atom is -0.369 e. The van der Waals surface area contributed by atoms with Crippen LogP contribution in [-0.2, 0) is 24.2 Å².